The lowest BCUT2D eigenvalue weighted by Gasteiger charge is -2.18. The second-order valence-corrected chi connectivity index (χ2v) is 5.46. The van der Waals surface area contributed by atoms with Gasteiger partial charge in [-0.2, -0.15) is 0 Å². The molecule has 1 aliphatic rings. The monoisotopic (exact) mass is 293 g/mol. The quantitative estimate of drug-likeness (QED) is 0.742. The highest BCUT2D eigenvalue weighted by atomic mass is 16.5. The van der Waals surface area contributed by atoms with Crippen LogP contribution in [0.15, 0.2) is 48.5 Å². The van der Waals surface area contributed by atoms with Crippen molar-refractivity contribution >= 4 is 16.9 Å². The molecule has 0 aliphatic carbocycles. The Morgan fingerprint density at radius 1 is 1.14 bits per heavy atom. The second kappa shape index (κ2) is 4.91. The summed E-state index contributed by atoms with van der Waals surface area (Å²) in [6.07, 6.45) is 0.891. The minimum atomic E-state index is -0.896. The molecule has 1 aromatic heterocycles. The molecule has 2 aromatic carbocycles. The van der Waals surface area contributed by atoms with Crippen LogP contribution >= 0.6 is 0 Å². The zero-order valence-corrected chi connectivity index (χ0v) is 12.0. The third-order valence-corrected chi connectivity index (χ3v) is 4.10. The van der Waals surface area contributed by atoms with Crippen LogP contribution in [0, 0.1) is 0 Å². The number of para-hydroxylation sites is 1. The number of nitrogens with zero attached hydrogens (tertiary/aromatic N) is 1. The number of carboxylic acid groups (broad SMARTS) is 1. The van der Waals surface area contributed by atoms with Crippen molar-refractivity contribution in [3.63, 3.8) is 0 Å². The van der Waals surface area contributed by atoms with Gasteiger partial charge in [-0.3, -0.25) is 0 Å². The van der Waals surface area contributed by atoms with Crippen LogP contribution < -0.4 is 4.74 Å². The predicted octanol–water partition coefficient (Wildman–Crippen LogP) is 3.79. The molecule has 0 spiro atoms. The number of benzene rings is 2. The maximum absolute atomic E-state index is 11.2. The number of ether oxygens (including phenoxy) is 1. The minimum absolute atomic E-state index is 0.319. The summed E-state index contributed by atoms with van der Waals surface area (Å²) in [5, 5.41) is 10.3. The van der Waals surface area contributed by atoms with Gasteiger partial charge in [-0.25, -0.2) is 4.79 Å². The van der Waals surface area contributed by atoms with Crippen molar-refractivity contribution < 1.29 is 14.6 Å². The van der Waals surface area contributed by atoms with Crippen molar-refractivity contribution in [2.45, 2.75) is 13.0 Å². The lowest BCUT2D eigenvalue weighted by Crippen LogP contribution is -2.10. The first-order valence-corrected chi connectivity index (χ1v) is 7.33. The zero-order valence-electron chi connectivity index (χ0n) is 12.0. The van der Waals surface area contributed by atoms with Gasteiger partial charge in [0.2, 0.25) is 0 Å². The van der Waals surface area contributed by atoms with Gasteiger partial charge < -0.3 is 14.4 Å². The fourth-order valence-electron chi connectivity index (χ4n) is 3.06. The van der Waals surface area contributed by atoms with Crippen molar-refractivity contribution in [2.75, 3.05) is 6.61 Å². The van der Waals surface area contributed by atoms with Crippen LogP contribution in [-0.2, 0) is 6.54 Å². The maximum atomic E-state index is 11.2. The molecule has 0 unspecified atom stereocenters. The summed E-state index contributed by atoms with van der Waals surface area (Å²) in [5.41, 5.74) is 3.41. The second-order valence-electron chi connectivity index (χ2n) is 5.46. The maximum Gasteiger partial charge on any atom is 0.335 e. The molecule has 1 N–H and O–H groups in total. The van der Waals surface area contributed by atoms with Crippen molar-refractivity contribution in [1.82, 2.24) is 4.57 Å². The van der Waals surface area contributed by atoms with E-state index in [9.17, 15) is 9.90 Å². The summed E-state index contributed by atoms with van der Waals surface area (Å²) >= 11 is 0. The molecule has 0 radical (unpaired) electrons. The first-order valence-electron chi connectivity index (χ1n) is 7.33. The smallest absolute Gasteiger partial charge is 0.335 e. The van der Waals surface area contributed by atoms with Gasteiger partial charge in [0, 0.05) is 23.0 Å². The van der Waals surface area contributed by atoms with Crippen LogP contribution in [0.4, 0.5) is 0 Å². The van der Waals surface area contributed by atoms with Gasteiger partial charge >= 0.3 is 5.97 Å². The lowest BCUT2D eigenvalue weighted by molar-refractivity contribution is 0.0697. The Morgan fingerprint density at radius 2 is 2.00 bits per heavy atom. The van der Waals surface area contributed by atoms with Crippen LogP contribution in [-0.4, -0.2) is 22.2 Å². The Balaban J connectivity index is 2.01. The highest BCUT2D eigenvalue weighted by Gasteiger charge is 2.17. The summed E-state index contributed by atoms with van der Waals surface area (Å²) in [4.78, 5) is 11.2. The molecule has 0 fully saturated rings. The molecule has 0 bridgehead atoms. The average molecular weight is 293 g/mol. The van der Waals surface area contributed by atoms with Crippen molar-refractivity contribution in [2.24, 2.45) is 0 Å². The molecule has 4 heteroatoms. The molecule has 2 heterocycles. The molecular weight excluding hydrogens is 278 g/mol. The predicted molar refractivity (Wildman–Crippen MR) is 84.4 cm³/mol. The normalized spacial score (nSPS) is 13.6. The number of aryl methyl sites for hydroxylation is 1. The summed E-state index contributed by atoms with van der Waals surface area (Å²) in [5.74, 6) is -0.0169. The number of hydrogen-bond acceptors (Lipinski definition) is 2. The molecule has 0 atom stereocenters. The van der Waals surface area contributed by atoms with E-state index in [2.05, 4.69) is 10.6 Å². The number of aromatic carboxylic acids is 1. The number of hydrogen-bond donors (Lipinski definition) is 1. The highest BCUT2D eigenvalue weighted by molar-refractivity contribution is 5.95. The van der Waals surface area contributed by atoms with Crippen LogP contribution in [0.25, 0.3) is 22.2 Å². The number of aromatic nitrogens is 1. The van der Waals surface area contributed by atoms with Gasteiger partial charge in [-0.15, -0.1) is 0 Å². The van der Waals surface area contributed by atoms with Gasteiger partial charge in [0.05, 0.1) is 17.9 Å². The van der Waals surface area contributed by atoms with Gasteiger partial charge in [0.25, 0.3) is 0 Å². The van der Waals surface area contributed by atoms with Gasteiger partial charge in [-0.05, 0) is 36.8 Å². The Bertz CT molecular complexity index is 879. The van der Waals surface area contributed by atoms with E-state index in [1.807, 2.05) is 30.3 Å². The molecule has 3 aromatic rings. The molecule has 0 amide bonds. The fourth-order valence-corrected chi connectivity index (χ4v) is 3.06. The fraction of sp³-hybridized carbons (Fsp3) is 0.167. The van der Waals surface area contributed by atoms with Crippen molar-refractivity contribution in [1.29, 1.82) is 0 Å². The van der Waals surface area contributed by atoms with Gasteiger partial charge in [-0.1, -0.05) is 18.2 Å². The standard InChI is InChI=1S/C18H15NO3/c20-18(21)13-7-6-12-10-16-14-4-1-2-5-17(14)22-9-3-8-19(16)15(12)11-13/h1-2,4-7,10-11H,3,8-9H2,(H,20,21). The minimum Gasteiger partial charge on any atom is -0.493 e. The summed E-state index contributed by atoms with van der Waals surface area (Å²) < 4.78 is 8.03. The summed E-state index contributed by atoms with van der Waals surface area (Å²) in [6, 6.07) is 15.4. The number of carboxylic acids is 1. The Morgan fingerprint density at radius 3 is 2.86 bits per heavy atom. The van der Waals surface area contributed by atoms with E-state index in [0.29, 0.717) is 12.2 Å². The van der Waals surface area contributed by atoms with E-state index in [0.717, 1.165) is 40.9 Å². The van der Waals surface area contributed by atoms with Gasteiger partial charge in [0.15, 0.2) is 0 Å². The third-order valence-electron chi connectivity index (χ3n) is 4.10. The molecule has 0 saturated carbocycles. The summed E-state index contributed by atoms with van der Waals surface area (Å²) in [6.45, 7) is 1.48. The largest absolute Gasteiger partial charge is 0.493 e. The lowest BCUT2D eigenvalue weighted by atomic mass is 10.1. The van der Waals surface area contributed by atoms with Crippen LogP contribution in [0.5, 0.6) is 5.75 Å². The Labute approximate surface area is 127 Å². The van der Waals surface area contributed by atoms with E-state index >= 15 is 0 Å². The van der Waals surface area contributed by atoms with E-state index in [4.69, 9.17) is 4.74 Å². The third kappa shape index (κ3) is 1.96. The van der Waals surface area contributed by atoms with Crippen molar-refractivity contribution in [3.05, 3.63) is 54.1 Å². The SMILES string of the molecule is O=C(O)c1ccc2cc3n(c2c1)CCCOc1ccccc1-3. The molecule has 4 nitrogen and oxygen atoms in total. The zero-order chi connectivity index (χ0) is 15.1. The Hall–Kier alpha value is -2.75. The Kier molecular flexibility index (Phi) is 2.89. The van der Waals surface area contributed by atoms with Crippen LogP contribution in [0.3, 0.4) is 0 Å². The molecular formula is C18H15NO3. The molecule has 22 heavy (non-hydrogen) atoms. The van der Waals surface area contributed by atoms with Crippen LogP contribution in [0.1, 0.15) is 16.8 Å². The topological polar surface area (TPSA) is 51.5 Å². The molecule has 4 rings (SSSR count). The van der Waals surface area contributed by atoms with E-state index in [-0.39, 0.29) is 0 Å². The number of rotatable bonds is 1. The molecule has 1 aliphatic heterocycles. The van der Waals surface area contributed by atoms with E-state index < -0.39 is 5.97 Å². The van der Waals surface area contributed by atoms with Crippen molar-refractivity contribution in [3.8, 4) is 17.0 Å². The average Bonchev–Trinajstić information content (AvgIpc) is 2.86. The molecule has 0 saturated heterocycles. The van der Waals surface area contributed by atoms with E-state index in [1.165, 1.54) is 0 Å². The van der Waals surface area contributed by atoms with Crippen LogP contribution in [0.2, 0.25) is 0 Å². The number of carbonyl (C=O) groups is 1. The van der Waals surface area contributed by atoms with E-state index in [1.54, 1.807) is 12.1 Å². The first-order chi connectivity index (χ1) is 10.7. The summed E-state index contributed by atoms with van der Waals surface area (Å²) in [7, 11) is 0. The number of fused-ring (bicyclic) bond motifs is 5. The van der Waals surface area contributed by atoms with Gasteiger partial charge in [0.1, 0.15) is 5.75 Å². The first kappa shape index (κ1) is 13.0. The molecule has 110 valence electrons. The highest BCUT2D eigenvalue weighted by Crippen LogP contribution is 2.36.